The smallest absolute Gasteiger partial charge is 0.0505 e. The summed E-state index contributed by atoms with van der Waals surface area (Å²) in [7, 11) is 0. The summed E-state index contributed by atoms with van der Waals surface area (Å²) in [5.41, 5.74) is 6.20. The first-order chi connectivity index (χ1) is 11.1. The molecule has 1 aromatic heterocycles. The summed E-state index contributed by atoms with van der Waals surface area (Å²) in [5.74, 6) is 0. The van der Waals surface area contributed by atoms with Crippen molar-refractivity contribution < 1.29 is 0 Å². The van der Waals surface area contributed by atoms with Crippen LogP contribution in [0, 0.1) is 0 Å². The molecule has 23 heavy (non-hydrogen) atoms. The molecule has 0 N–H and O–H groups in total. The molecule has 4 rings (SSSR count). The summed E-state index contributed by atoms with van der Waals surface area (Å²) in [5, 5.41) is 1.95. The molecule has 3 aromatic rings. The van der Waals surface area contributed by atoms with E-state index in [1.165, 1.54) is 0 Å². The molecule has 0 amide bonds. The van der Waals surface area contributed by atoms with Gasteiger partial charge in [-0.05, 0) is 64.2 Å². The average Bonchev–Trinajstić information content (AvgIpc) is 2.82. The molecule has 0 saturated heterocycles. The van der Waals surface area contributed by atoms with Crippen molar-refractivity contribution in [1.82, 2.24) is 4.98 Å². The van der Waals surface area contributed by atoms with Gasteiger partial charge in [-0.3, -0.25) is 4.98 Å². The van der Waals surface area contributed by atoms with Gasteiger partial charge in [-0.2, -0.15) is 0 Å². The molecular weight excluding hydrogens is 349 g/mol. The van der Waals surface area contributed by atoms with Gasteiger partial charge in [0, 0.05) is 28.0 Å². The van der Waals surface area contributed by atoms with Crippen molar-refractivity contribution in [2.45, 2.75) is 0 Å². The minimum absolute atomic E-state index is 0.615. The van der Waals surface area contributed by atoms with Crippen LogP contribution in [0.3, 0.4) is 0 Å². The van der Waals surface area contributed by atoms with E-state index in [-0.39, 0.29) is 0 Å². The predicted octanol–water partition coefficient (Wildman–Crippen LogP) is 6.61. The molecule has 0 bridgehead atoms. The van der Waals surface area contributed by atoms with Crippen LogP contribution in [0.15, 0.2) is 54.9 Å². The Labute approximate surface area is 149 Å². The Morgan fingerprint density at radius 2 is 1.65 bits per heavy atom. The molecule has 0 atom stereocenters. The molecule has 0 saturated carbocycles. The van der Waals surface area contributed by atoms with Gasteiger partial charge in [-0.1, -0.05) is 46.9 Å². The topological polar surface area (TPSA) is 12.9 Å². The monoisotopic (exact) mass is 357 g/mol. The molecule has 0 unspecified atom stereocenters. The van der Waals surface area contributed by atoms with Crippen LogP contribution in [0.5, 0.6) is 0 Å². The van der Waals surface area contributed by atoms with E-state index in [1.807, 2.05) is 42.6 Å². The normalized spacial score (nSPS) is 14.0. The van der Waals surface area contributed by atoms with Crippen LogP contribution in [-0.2, 0) is 0 Å². The zero-order chi connectivity index (χ0) is 16.0. The summed E-state index contributed by atoms with van der Waals surface area (Å²) in [4.78, 5) is 4.17. The van der Waals surface area contributed by atoms with Gasteiger partial charge in [0.2, 0.25) is 0 Å². The Kier molecular flexibility index (Phi) is 3.65. The number of hydrogen-bond acceptors (Lipinski definition) is 1. The Bertz CT molecular complexity index is 946. The minimum Gasteiger partial charge on any atom is -0.264 e. The lowest BCUT2D eigenvalue weighted by Crippen LogP contribution is -1.84. The summed E-state index contributed by atoms with van der Waals surface area (Å²) in [6.45, 7) is 0. The third-order valence-electron chi connectivity index (χ3n) is 3.88. The Morgan fingerprint density at radius 3 is 2.43 bits per heavy atom. The second kappa shape index (κ2) is 5.68. The first kappa shape index (κ1) is 14.8. The molecule has 1 nitrogen and oxygen atoms in total. The van der Waals surface area contributed by atoms with Crippen LogP contribution in [0.4, 0.5) is 0 Å². The van der Waals surface area contributed by atoms with Crippen molar-refractivity contribution in [3.8, 4) is 11.1 Å². The van der Waals surface area contributed by atoms with E-state index >= 15 is 0 Å². The molecule has 0 fully saturated rings. The molecule has 0 spiro atoms. The second-order valence-corrected chi connectivity index (χ2v) is 6.62. The molecule has 1 heterocycles. The molecule has 112 valence electrons. The van der Waals surface area contributed by atoms with Crippen LogP contribution >= 0.6 is 34.8 Å². The molecule has 2 aromatic carbocycles. The molecule has 1 aliphatic rings. The van der Waals surface area contributed by atoms with Crippen LogP contribution in [0.25, 0.3) is 22.8 Å². The zero-order valence-electron chi connectivity index (χ0n) is 11.9. The van der Waals surface area contributed by atoms with Crippen LogP contribution < -0.4 is 0 Å². The predicted molar refractivity (Wildman–Crippen MR) is 98.1 cm³/mol. The SMILES string of the molecule is Clc1ccc2c(c1)/C(=C/c1cccnc1)c1cc(Cl)cc(Cl)c1-2. The number of fused-ring (bicyclic) bond motifs is 3. The maximum Gasteiger partial charge on any atom is 0.0505 e. The maximum absolute atomic E-state index is 6.45. The van der Waals surface area contributed by atoms with E-state index < -0.39 is 0 Å². The summed E-state index contributed by atoms with van der Waals surface area (Å²) >= 11 is 18.9. The highest BCUT2D eigenvalue weighted by Gasteiger charge is 2.26. The first-order valence-electron chi connectivity index (χ1n) is 7.05. The molecule has 4 heteroatoms. The fraction of sp³-hybridized carbons (Fsp3) is 0. The summed E-state index contributed by atoms with van der Waals surface area (Å²) < 4.78 is 0. The summed E-state index contributed by atoms with van der Waals surface area (Å²) in [6.07, 6.45) is 5.66. The van der Waals surface area contributed by atoms with Crippen LogP contribution in [0.2, 0.25) is 15.1 Å². The van der Waals surface area contributed by atoms with E-state index in [0.29, 0.717) is 15.1 Å². The fourth-order valence-electron chi connectivity index (χ4n) is 2.95. The third kappa shape index (κ3) is 2.55. The largest absolute Gasteiger partial charge is 0.264 e. The highest BCUT2D eigenvalue weighted by atomic mass is 35.5. The van der Waals surface area contributed by atoms with Gasteiger partial charge in [0.25, 0.3) is 0 Å². The average molecular weight is 359 g/mol. The molecule has 1 aliphatic carbocycles. The van der Waals surface area contributed by atoms with Crippen LogP contribution in [-0.4, -0.2) is 4.98 Å². The highest BCUT2D eigenvalue weighted by molar-refractivity contribution is 6.38. The number of pyridine rings is 1. The lowest BCUT2D eigenvalue weighted by molar-refractivity contribution is 1.32. The standard InChI is InChI=1S/C19H10Cl3N/c20-12-3-4-14-16(7-12)15(6-11-2-1-5-23-10-11)17-8-13(21)9-18(22)19(14)17/h1-10H/b15-6-. The Balaban J connectivity index is 2.04. The summed E-state index contributed by atoms with van der Waals surface area (Å²) in [6, 6.07) is 13.5. The lowest BCUT2D eigenvalue weighted by Gasteiger charge is -2.05. The first-order valence-corrected chi connectivity index (χ1v) is 8.18. The number of hydrogen-bond donors (Lipinski definition) is 0. The zero-order valence-corrected chi connectivity index (χ0v) is 14.1. The van der Waals surface area contributed by atoms with Gasteiger partial charge in [0.15, 0.2) is 0 Å². The number of nitrogens with zero attached hydrogens (tertiary/aromatic N) is 1. The van der Waals surface area contributed by atoms with Crippen molar-refractivity contribution in [2.75, 3.05) is 0 Å². The van der Waals surface area contributed by atoms with E-state index in [1.54, 1.807) is 12.3 Å². The third-order valence-corrected chi connectivity index (χ3v) is 4.63. The Morgan fingerprint density at radius 1 is 0.826 bits per heavy atom. The molecule has 0 radical (unpaired) electrons. The van der Waals surface area contributed by atoms with Crippen molar-refractivity contribution in [2.24, 2.45) is 0 Å². The number of halogens is 3. The lowest BCUT2D eigenvalue weighted by atomic mass is 10.0. The van der Waals surface area contributed by atoms with Crippen molar-refractivity contribution in [3.05, 3.63) is 86.6 Å². The van der Waals surface area contributed by atoms with Crippen molar-refractivity contribution in [1.29, 1.82) is 0 Å². The Hall–Kier alpha value is -1.80. The van der Waals surface area contributed by atoms with E-state index in [0.717, 1.165) is 33.4 Å². The number of rotatable bonds is 1. The van der Waals surface area contributed by atoms with Gasteiger partial charge in [0.05, 0.1) is 5.02 Å². The number of benzene rings is 2. The highest BCUT2D eigenvalue weighted by Crippen LogP contribution is 2.49. The maximum atomic E-state index is 6.45. The van der Waals surface area contributed by atoms with Gasteiger partial charge in [-0.25, -0.2) is 0 Å². The number of aromatic nitrogens is 1. The van der Waals surface area contributed by atoms with Crippen molar-refractivity contribution >= 4 is 46.5 Å². The van der Waals surface area contributed by atoms with Crippen molar-refractivity contribution in [3.63, 3.8) is 0 Å². The fourth-order valence-corrected chi connectivity index (χ4v) is 3.71. The van der Waals surface area contributed by atoms with E-state index in [2.05, 4.69) is 11.1 Å². The van der Waals surface area contributed by atoms with Gasteiger partial charge < -0.3 is 0 Å². The van der Waals surface area contributed by atoms with Gasteiger partial charge in [-0.15, -0.1) is 0 Å². The quantitative estimate of drug-likeness (QED) is 0.373. The van der Waals surface area contributed by atoms with E-state index in [4.69, 9.17) is 34.8 Å². The second-order valence-electron chi connectivity index (χ2n) is 5.34. The van der Waals surface area contributed by atoms with Gasteiger partial charge in [0.1, 0.15) is 0 Å². The molecular formula is C19H10Cl3N. The minimum atomic E-state index is 0.615. The van der Waals surface area contributed by atoms with E-state index in [9.17, 15) is 0 Å². The van der Waals surface area contributed by atoms with Gasteiger partial charge >= 0.3 is 0 Å². The molecule has 0 aliphatic heterocycles. The van der Waals surface area contributed by atoms with Crippen LogP contribution in [0.1, 0.15) is 16.7 Å².